The predicted octanol–water partition coefficient (Wildman–Crippen LogP) is 1.76. The second kappa shape index (κ2) is 3.98. The standard InChI is InChI=1S/C9H12O2/c1-2-4-8(10)7-9-5-3-6-11-9/h2-6,8,10H,7H2,1H3/b4-2-. The molecule has 1 heterocycles. The van der Waals surface area contributed by atoms with Crippen molar-refractivity contribution in [2.24, 2.45) is 0 Å². The van der Waals surface area contributed by atoms with Crippen LogP contribution in [0.2, 0.25) is 0 Å². The van der Waals surface area contributed by atoms with Crippen molar-refractivity contribution >= 4 is 0 Å². The average molecular weight is 152 g/mol. The zero-order chi connectivity index (χ0) is 8.10. The molecule has 0 aliphatic carbocycles. The molecular formula is C9H12O2. The fraction of sp³-hybridized carbons (Fsp3) is 0.333. The SMILES string of the molecule is C/C=C\C(O)Cc1ccco1. The maximum Gasteiger partial charge on any atom is 0.106 e. The first kappa shape index (κ1) is 8.08. The van der Waals surface area contributed by atoms with E-state index in [0.717, 1.165) is 5.76 Å². The van der Waals surface area contributed by atoms with E-state index >= 15 is 0 Å². The number of hydrogen-bond acceptors (Lipinski definition) is 2. The number of hydrogen-bond donors (Lipinski definition) is 1. The summed E-state index contributed by atoms with van der Waals surface area (Å²) in [5.41, 5.74) is 0. The van der Waals surface area contributed by atoms with Crippen molar-refractivity contribution in [3.8, 4) is 0 Å². The minimum Gasteiger partial charge on any atom is -0.469 e. The quantitative estimate of drug-likeness (QED) is 0.669. The largest absolute Gasteiger partial charge is 0.469 e. The van der Waals surface area contributed by atoms with E-state index in [9.17, 15) is 5.11 Å². The molecule has 0 spiro atoms. The molecule has 0 aromatic carbocycles. The van der Waals surface area contributed by atoms with Crippen LogP contribution >= 0.6 is 0 Å². The highest BCUT2D eigenvalue weighted by Gasteiger charge is 2.01. The van der Waals surface area contributed by atoms with Gasteiger partial charge in [-0.25, -0.2) is 0 Å². The number of aliphatic hydroxyl groups excluding tert-OH is 1. The summed E-state index contributed by atoms with van der Waals surface area (Å²) in [6.07, 6.45) is 5.30. The Bertz CT molecular complexity index is 211. The Morgan fingerprint density at radius 2 is 2.55 bits per heavy atom. The molecule has 0 saturated carbocycles. The van der Waals surface area contributed by atoms with Crippen LogP contribution in [0.3, 0.4) is 0 Å². The second-order valence-corrected chi connectivity index (χ2v) is 2.38. The van der Waals surface area contributed by atoms with Gasteiger partial charge in [0.15, 0.2) is 0 Å². The zero-order valence-electron chi connectivity index (χ0n) is 6.53. The summed E-state index contributed by atoms with van der Waals surface area (Å²) < 4.78 is 5.06. The molecule has 0 aliphatic heterocycles. The van der Waals surface area contributed by atoms with Crippen LogP contribution in [0.15, 0.2) is 35.0 Å². The smallest absolute Gasteiger partial charge is 0.106 e. The van der Waals surface area contributed by atoms with Gasteiger partial charge in [-0.15, -0.1) is 0 Å². The van der Waals surface area contributed by atoms with Crippen LogP contribution in [0.25, 0.3) is 0 Å². The lowest BCUT2D eigenvalue weighted by atomic mass is 10.2. The van der Waals surface area contributed by atoms with Gasteiger partial charge in [0.25, 0.3) is 0 Å². The van der Waals surface area contributed by atoms with Gasteiger partial charge in [0, 0.05) is 6.42 Å². The lowest BCUT2D eigenvalue weighted by molar-refractivity contribution is 0.214. The maximum atomic E-state index is 9.27. The molecular weight excluding hydrogens is 140 g/mol. The molecule has 0 amide bonds. The van der Waals surface area contributed by atoms with Gasteiger partial charge in [-0.3, -0.25) is 0 Å². The fourth-order valence-corrected chi connectivity index (χ4v) is 0.925. The van der Waals surface area contributed by atoms with Gasteiger partial charge in [-0.05, 0) is 19.1 Å². The highest BCUT2D eigenvalue weighted by atomic mass is 16.3. The molecule has 60 valence electrons. The van der Waals surface area contributed by atoms with E-state index in [0.29, 0.717) is 6.42 Å². The van der Waals surface area contributed by atoms with Crippen molar-refractivity contribution in [3.05, 3.63) is 36.3 Å². The number of rotatable bonds is 3. The first-order valence-electron chi connectivity index (χ1n) is 3.66. The van der Waals surface area contributed by atoms with Crippen LogP contribution in [0.1, 0.15) is 12.7 Å². The second-order valence-electron chi connectivity index (χ2n) is 2.38. The molecule has 0 fully saturated rings. The fourth-order valence-electron chi connectivity index (χ4n) is 0.925. The first-order chi connectivity index (χ1) is 5.33. The van der Waals surface area contributed by atoms with E-state index in [1.165, 1.54) is 0 Å². The summed E-state index contributed by atoms with van der Waals surface area (Å²) in [6, 6.07) is 3.67. The summed E-state index contributed by atoms with van der Waals surface area (Å²) in [4.78, 5) is 0. The lowest BCUT2D eigenvalue weighted by Crippen LogP contribution is -2.05. The van der Waals surface area contributed by atoms with E-state index in [-0.39, 0.29) is 0 Å². The van der Waals surface area contributed by atoms with Gasteiger partial charge in [0.1, 0.15) is 5.76 Å². The van der Waals surface area contributed by atoms with Gasteiger partial charge in [0.05, 0.1) is 12.4 Å². The molecule has 1 rings (SSSR count). The van der Waals surface area contributed by atoms with Crippen LogP contribution in [-0.4, -0.2) is 11.2 Å². The van der Waals surface area contributed by atoms with E-state index < -0.39 is 6.10 Å². The number of aliphatic hydroxyl groups is 1. The minimum absolute atomic E-state index is 0.425. The lowest BCUT2D eigenvalue weighted by Gasteiger charge is -2.00. The third kappa shape index (κ3) is 2.60. The Balaban J connectivity index is 2.43. The molecule has 0 bridgehead atoms. The third-order valence-corrected chi connectivity index (χ3v) is 1.41. The molecule has 0 saturated heterocycles. The van der Waals surface area contributed by atoms with Crippen LogP contribution in [0.5, 0.6) is 0 Å². The van der Waals surface area contributed by atoms with Gasteiger partial charge >= 0.3 is 0 Å². The molecule has 2 heteroatoms. The molecule has 0 radical (unpaired) electrons. The summed E-state index contributed by atoms with van der Waals surface area (Å²) >= 11 is 0. The Morgan fingerprint density at radius 1 is 1.73 bits per heavy atom. The third-order valence-electron chi connectivity index (χ3n) is 1.41. The molecule has 1 N–H and O–H groups in total. The predicted molar refractivity (Wildman–Crippen MR) is 43.2 cm³/mol. The van der Waals surface area contributed by atoms with Crippen molar-refractivity contribution < 1.29 is 9.52 Å². The highest BCUT2D eigenvalue weighted by molar-refractivity contribution is 5.02. The summed E-state index contributed by atoms with van der Waals surface area (Å²) in [7, 11) is 0. The summed E-state index contributed by atoms with van der Waals surface area (Å²) in [6.45, 7) is 1.88. The molecule has 1 aromatic heterocycles. The molecule has 2 nitrogen and oxygen atoms in total. The zero-order valence-corrected chi connectivity index (χ0v) is 6.53. The van der Waals surface area contributed by atoms with Gasteiger partial charge in [-0.2, -0.15) is 0 Å². The molecule has 1 aromatic rings. The average Bonchev–Trinajstić information content (AvgIpc) is 2.40. The van der Waals surface area contributed by atoms with Gasteiger partial charge in [-0.1, -0.05) is 12.2 Å². The van der Waals surface area contributed by atoms with E-state index in [1.807, 2.05) is 25.1 Å². The Labute approximate surface area is 66.2 Å². The summed E-state index contributed by atoms with van der Waals surface area (Å²) in [5, 5.41) is 9.27. The molecule has 11 heavy (non-hydrogen) atoms. The number of allylic oxidation sites excluding steroid dienone is 1. The van der Waals surface area contributed by atoms with Gasteiger partial charge in [0.2, 0.25) is 0 Å². The highest BCUT2D eigenvalue weighted by Crippen LogP contribution is 2.04. The Hall–Kier alpha value is -1.02. The van der Waals surface area contributed by atoms with E-state index in [1.54, 1.807) is 12.3 Å². The first-order valence-corrected chi connectivity index (χ1v) is 3.66. The van der Waals surface area contributed by atoms with Crippen LogP contribution < -0.4 is 0 Å². The normalized spacial score (nSPS) is 14.0. The minimum atomic E-state index is -0.425. The van der Waals surface area contributed by atoms with Crippen LogP contribution in [-0.2, 0) is 6.42 Å². The van der Waals surface area contributed by atoms with Crippen LogP contribution in [0.4, 0.5) is 0 Å². The Morgan fingerprint density at radius 3 is 3.09 bits per heavy atom. The maximum absolute atomic E-state index is 9.27. The van der Waals surface area contributed by atoms with Crippen LogP contribution in [0, 0.1) is 0 Å². The van der Waals surface area contributed by atoms with Gasteiger partial charge < -0.3 is 9.52 Å². The van der Waals surface area contributed by atoms with Crippen molar-refractivity contribution in [1.29, 1.82) is 0 Å². The van der Waals surface area contributed by atoms with E-state index in [2.05, 4.69) is 0 Å². The summed E-state index contributed by atoms with van der Waals surface area (Å²) in [5.74, 6) is 0.815. The molecule has 0 aliphatic rings. The molecule has 1 atom stereocenters. The molecule has 1 unspecified atom stereocenters. The number of furan rings is 1. The monoisotopic (exact) mass is 152 g/mol. The van der Waals surface area contributed by atoms with Crippen molar-refractivity contribution in [2.75, 3.05) is 0 Å². The van der Waals surface area contributed by atoms with Crippen molar-refractivity contribution in [2.45, 2.75) is 19.4 Å². The topological polar surface area (TPSA) is 33.4 Å². The van der Waals surface area contributed by atoms with Crippen molar-refractivity contribution in [1.82, 2.24) is 0 Å². The van der Waals surface area contributed by atoms with E-state index in [4.69, 9.17) is 4.42 Å². The van der Waals surface area contributed by atoms with Crippen molar-refractivity contribution in [3.63, 3.8) is 0 Å². The Kier molecular flexibility index (Phi) is 2.93.